The number of nitriles is 1. The van der Waals surface area contributed by atoms with Gasteiger partial charge in [0.2, 0.25) is 6.79 Å². The van der Waals surface area contributed by atoms with E-state index in [4.69, 9.17) is 18.9 Å². The van der Waals surface area contributed by atoms with Crippen LogP contribution in [0.25, 0.3) is 11.8 Å². The predicted molar refractivity (Wildman–Crippen MR) is 123 cm³/mol. The molecule has 0 unspecified atom stereocenters. The Kier molecular flexibility index (Phi) is 6.37. The summed E-state index contributed by atoms with van der Waals surface area (Å²) in [4.78, 5) is 24.9. The molecule has 1 aliphatic rings. The molecule has 0 spiro atoms. The molecule has 1 aromatic heterocycles. The third-order valence-electron chi connectivity index (χ3n) is 5.47. The quantitative estimate of drug-likeness (QED) is 0.227. The molecule has 3 aromatic rings. The summed E-state index contributed by atoms with van der Waals surface area (Å²) in [7, 11) is 1.61. The molecular formula is C26H22N2O6. The van der Waals surface area contributed by atoms with E-state index < -0.39 is 18.4 Å². The van der Waals surface area contributed by atoms with E-state index in [9.17, 15) is 14.9 Å². The van der Waals surface area contributed by atoms with Crippen LogP contribution >= 0.6 is 0 Å². The van der Waals surface area contributed by atoms with E-state index in [-0.39, 0.29) is 12.4 Å². The second-order valence-electron chi connectivity index (χ2n) is 7.60. The molecule has 0 saturated carbocycles. The molecule has 8 nitrogen and oxygen atoms in total. The summed E-state index contributed by atoms with van der Waals surface area (Å²) < 4.78 is 22.8. The number of carbonyl (C=O) groups excluding carboxylic acids is 2. The Balaban J connectivity index is 1.49. The summed E-state index contributed by atoms with van der Waals surface area (Å²) in [5.41, 5.74) is 3.52. The summed E-state index contributed by atoms with van der Waals surface area (Å²) in [6.45, 7) is 3.43. The van der Waals surface area contributed by atoms with Crippen molar-refractivity contribution in [3.63, 3.8) is 0 Å². The lowest BCUT2D eigenvalue weighted by Crippen LogP contribution is -2.15. The monoisotopic (exact) mass is 458 g/mol. The molecule has 8 heteroatoms. The van der Waals surface area contributed by atoms with Crippen LogP contribution in [0.15, 0.2) is 54.1 Å². The number of hydrogen-bond acceptors (Lipinski definition) is 7. The zero-order chi connectivity index (χ0) is 24.2. The minimum absolute atomic E-state index is 0.0946. The SMILES string of the molecule is COc1ccc(-n2c(C)cc(/C=C(\C#N)C(=O)OCC(=O)c3ccc4c(c3)OCO4)c2C)cc1. The number of ether oxygens (including phenoxy) is 4. The minimum Gasteiger partial charge on any atom is -0.497 e. The average molecular weight is 458 g/mol. The Morgan fingerprint density at radius 3 is 2.53 bits per heavy atom. The predicted octanol–water partition coefficient (Wildman–Crippen LogP) is 4.16. The van der Waals surface area contributed by atoms with Crippen molar-refractivity contribution < 1.29 is 28.5 Å². The molecular weight excluding hydrogens is 436 g/mol. The lowest BCUT2D eigenvalue weighted by Gasteiger charge is -2.10. The van der Waals surface area contributed by atoms with E-state index in [1.54, 1.807) is 19.2 Å². The number of aryl methyl sites for hydroxylation is 1. The fraction of sp³-hybridized carbons (Fsp3) is 0.192. The van der Waals surface area contributed by atoms with Gasteiger partial charge in [0.25, 0.3) is 0 Å². The lowest BCUT2D eigenvalue weighted by molar-refractivity contribution is -0.137. The van der Waals surface area contributed by atoms with Gasteiger partial charge in [-0.2, -0.15) is 5.26 Å². The first kappa shape index (κ1) is 22.7. The van der Waals surface area contributed by atoms with Gasteiger partial charge in [0, 0.05) is 22.6 Å². The Labute approximate surface area is 196 Å². The molecule has 0 bridgehead atoms. The molecule has 0 aliphatic carbocycles. The van der Waals surface area contributed by atoms with Gasteiger partial charge >= 0.3 is 5.97 Å². The van der Waals surface area contributed by atoms with Gasteiger partial charge in [0.1, 0.15) is 17.4 Å². The number of fused-ring (bicyclic) bond motifs is 1. The Bertz CT molecular complexity index is 1330. The van der Waals surface area contributed by atoms with Crippen LogP contribution < -0.4 is 14.2 Å². The first-order valence-corrected chi connectivity index (χ1v) is 10.5. The fourth-order valence-corrected chi connectivity index (χ4v) is 3.72. The van der Waals surface area contributed by atoms with Gasteiger partial charge in [-0.1, -0.05) is 0 Å². The zero-order valence-corrected chi connectivity index (χ0v) is 19.0. The first-order valence-electron chi connectivity index (χ1n) is 10.5. The summed E-state index contributed by atoms with van der Waals surface area (Å²) in [6, 6.07) is 16.0. The van der Waals surface area contributed by atoms with Gasteiger partial charge in [-0.25, -0.2) is 4.79 Å². The summed E-state index contributed by atoms with van der Waals surface area (Å²) in [5.74, 6) is 0.473. The second-order valence-corrected chi connectivity index (χ2v) is 7.60. The number of Topliss-reactive ketones (excluding diaryl/α,β-unsaturated/α-hetero) is 1. The van der Waals surface area contributed by atoms with Gasteiger partial charge in [-0.05, 0) is 74.0 Å². The second kappa shape index (κ2) is 9.55. The topological polar surface area (TPSA) is 99.8 Å². The largest absolute Gasteiger partial charge is 0.497 e. The standard InChI is InChI=1S/C26H22N2O6/c1-16-10-19(17(2)28(16)21-5-7-22(31-3)8-6-21)11-20(13-27)26(30)32-14-23(29)18-4-9-24-25(12-18)34-15-33-24/h4-12H,14-15H2,1-3H3/b20-11+. The molecule has 0 radical (unpaired) electrons. The van der Waals surface area contributed by atoms with Crippen LogP contribution in [0.2, 0.25) is 0 Å². The van der Waals surface area contributed by atoms with Gasteiger partial charge in [-0.15, -0.1) is 0 Å². The van der Waals surface area contributed by atoms with Crippen LogP contribution in [-0.2, 0) is 9.53 Å². The molecule has 0 fully saturated rings. The molecule has 4 rings (SSSR count). The number of ketones is 1. The summed E-state index contributed by atoms with van der Waals surface area (Å²) >= 11 is 0. The molecule has 2 aromatic carbocycles. The zero-order valence-electron chi connectivity index (χ0n) is 19.0. The van der Waals surface area contributed by atoms with Gasteiger partial charge < -0.3 is 23.5 Å². The normalized spacial score (nSPS) is 12.2. The molecule has 0 N–H and O–H groups in total. The Hall–Kier alpha value is -4.51. The van der Waals surface area contributed by atoms with Crippen LogP contribution in [-0.4, -0.2) is 36.8 Å². The van der Waals surface area contributed by atoms with Crippen LogP contribution in [0.5, 0.6) is 17.2 Å². The lowest BCUT2D eigenvalue weighted by atomic mass is 10.1. The number of rotatable bonds is 7. The number of esters is 1. The number of aromatic nitrogens is 1. The van der Waals surface area contributed by atoms with E-state index in [2.05, 4.69) is 0 Å². The maximum Gasteiger partial charge on any atom is 0.349 e. The Morgan fingerprint density at radius 1 is 1.09 bits per heavy atom. The number of nitrogens with zero attached hydrogens (tertiary/aromatic N) is 2. The third-order valence-corrected chi connectivity index (χ3v) is 5.47. The van der Waals surface area contributed by atoms with Crippen molar-refractivity contribution in [1.82, 2.24) is 4.57 Å². The smallest absolute Gasteiger partial charge is 0.349 e. The fourth-order valence-electron chi connectivity index (χ4n) is 3.72. The van der Waals surface area contributed by atoms with Crippen molar-refractivity contribution in [2.45, 2.75) is 13.8 Å². The van der Waals surface area contributed by atoms with Gasteiger partial charge in [0.05, 0.1) is 7.11 Å². The molecule has 0 amide bonds. The summed E-state index contributed by atoms with van der Waals surface area (Å²) in [6.07, 6.45) is 1.47. The number of hydrogen-bond donors (Lipinski definition) is 0. The van der Waals surface area contributed by atoms with Crippen LogP contribution in [0.4, 0.5) is 0 Å². The molecule has 172 valence electrons. The van der Waals surface area contributed by atoms with E-state index in [1.165, 1.54) is 12.1 Å². The van der Waals surface area contributed by atoms with Crippen LogP contribution in [0.1, 0.15) is 27.3 Å². The highest BCUT2D eigenvalue weighted by Gasteiger charge is 2.19. The van der Waals surface area contributed by atoms with Crippen molar-refractivity contribution in [2.75, 3.05) is 20.5 Å². The van der Waals surface area contributed by atoms with Crippen molar-refractivity contribution >= 4 is 17.8 Å². The van der Waals surface area contributed by atoms with E-state index >= 15 is 0 Å². The van der Waals surface area contributed by atoms with Crippen molar-refractivity contribution in [1.29, 1.82) is 5.26 Å². The number of carbonyl (C=O) groups is 2. The molecule has 0 atom stereocenters. The van der Waals surface area contributed by atoms with Gasteiger partial charge in [0.15, 0.2) is 23.9 Å². The van der Waals surface area contributed by atoms with Gasteiger partial charge in [-0.3, -0.25) is 4.79 Å². The maximum absolute atomic E-state index is 12.5. The van der Waals surface area contributed by atoms with E-state index in [0.717, 1.165) is 22.8 Å². The van der Waals surface area contributed by atoms with E-state index in [1.807, 2.05) is 54.8 Å². The van der Waals surface area contributed by atoms with Crippen molar-refractivity contribution in [2.24, 2.45) is 0 Å². The first-order chi connectivity index (χ1) is 16.4. The number of methoxy groups -OCH3 is 1. The molecule has 1 aliphatic heterocycles. The van der Waals surface area contributed by atoms with Crippen LogP contribution in [0.3, 0.4) is 0 Å². The molecule has 34 heavy (non-hydrogen) atoms. The maximum atomic E-state index is 12.5. The third kappa shape index (κ3) is 4.50. The van der Waals surface area contributed by atoms with Crippen LogP contribution in [0, 0.1) is 25.2 Å². The molecule has 0 saturated heterocycles. The average Bonchev–Trinajstić information content (AvgIpc) is 3.43. The van der Waals surface area contributed by atoms with Crippen molar-refractivity contribution in [3.05, 3.63) is 76.6 Å². The van der Waals surface area contributed by atoms with E-state index in [0.29, 0.717) is 22.6 Å². The number of benzene rings is 2. The summed E-state index contributed by atoms with van der Waals surface area (Å²) in [5, 5.41) is 9.53. The minimum atomic E-state index is -0.870. The highest BCUT2D eigenvalue weighted by Crippen LogP contribution is 2.32. The molecule has 2 heterocycles. The Morgan fingerprint density at radius 2 is 1.82 bits per heavy atom. The highest BCUT2D eigenvalue weighted by atomic mass is 16.7. The van der Waals surface area contributed by atoms with Crippen molar-refractivity contribution in [3.8, 4) is 29.0 Å². The highest BCUT2D eigenvalue weighted by molar-refractivity contribution is 6.02.